The van der Waals surface area contributed by atoms with Gasteiger partial charge >= 0.3 is 0 Å². The summed E-state index contributed by atoms with van der Waals surface area (Å²) < 4.78 is 0. The standard InChI is InChI=1S/C19H21N5O2/c1-2-24-16-15(4-3-9-21-16)17(25)22-19(24)7-12-23(13-8-19)18(26)14-5-10-20-11-6-14/h3-6,9-11H,2,7-8,12-13H2,1H3,(H,22,25). The number of pyridine rings is 2. The van der Waals surface area contributed by atoms with E-state index in [1.54, 1.807) is 42.9 Å². The van der Waals surface area contributed by atoms with Crippen LogP contribution in [0.4, 0.5) is 5.82 Å². The van der Waals surface area contributed by atoms with Crippen molar-refractivity contribution in [1.29, 1.82) is 0 Å². The summed E-state index contributed by atoms with van der Waals surface area (Å²) in [5, 5.41) is 3.19. The minimum absolute atomic E-state index is 0.00552. The first-order valence-corrected chi connectivity index (χ1v) is 8.89. The van der Waals surface area contributed by atoms with Crippen molar-refractivity contribution in [3.63, 3.8) is 0 Å². The quantitative estimate of drug-likeness (QED) is 0.891. The number of rotatable bonds is 2. The number of likely N-dealkylation sites (tertiary alicyclic amines) is 1. The molecule has 0 bridgehead atoms. The molecule has 2 aromatic heterocycles. The lowest BCUT2D eigenvalue weighted by atomic mass is 9.91. The normalized spacial score (nSPS) is 18.4. The molecule has 0 aliphatic carbocycles. The van der Waals surface area contributed by atoms with E-state index in [4.69, 9.17) is 0 Å². The molecule has 0 aromatic carbocycles. The van der Waals surface area contributed by atoms with E-state index in [0.717, 1.165) is 12.4 Å². The molecule has 7 nitrogen and oxygen atoms in total. The van der Waals surface area contributed by atoms with Crippen molar-refractivity contribution in [3.05, 3.63) is 54.0 Å². The summed E-state index contributed by atoms with van der Waals surface area (Å²) in [6, 6.07) is 7.04. The van der Waals surface area contributed by atoms with E-state index >= 15 is 0 Å². The second-order valence-corrected chi connectivity index (χ2v) is 6.63. The van der Waals surface area contributed by atoms with Crippen molar-refractivity contribution < 1.29 is 9.59 Å². The smallest absolute Gasteiger partial charge is 0.256 e. The van der Waals surface area contributed by atoms with Crippen LogP contribution in [0.2, 0.25) is 0 Å². The summed E-state index contributed by atoms with van der Waals surface area (Å²) >= 11 is 0. The summed E-state index contributed by atoms with van der Waals surface area (Å²) in [5.41, 5.74) is 0.764. The molecular weight excluding hydrogens is 330 g/mol. The predicted molar refractivity (Wildman–Crippen MR) is 96.8 cm³/mol. The molecule has 2 amide bonds. The highest BCUT2D eigenvalue weighted by Gasteiger charge is 2.46. The molecule has 1 saturated heterocycles. The summed E-state index contributed by atoms with van der Waals surface area (Å²) in [6.07, 6.45) is 6.30. The molecule has 1 fully saturated rings. The van der Waals surface area contributed by atoms with Gasteiger partial charge in [0.05, 0.1) is 5.56 Å². The third kappa shape index (κ3) is 2.60. The number of aromatic nitrogens is 2. The molecule has 4 heterocycles. The Morgan fingerprint density at radius 1 is 1.19 bits per heavy atom. The molecule has 2 aliphatic heterocycles. The third-order valence-electron chi connectivity index (χ3n) is 5.27. The topological polar surface area (TPSA) is 78.4 Å². The molecule has 0 saturated carbocycles. The Morgan fingerprint density at radius 3 is 2.62 bits per heavy atom. The van der Waals surface area contributed by atoms with Crippen LogP contribution in [0.25, 0.3) is 0 Å². The highest BCUT2D eigenvalue weighted by molar-refractivity contribution is 6.01. The van der Waals surface area contributed by atoms with Crippen molar-refractivity contribution in [2.24, 2.45) is 0 Å². The van der Waals surface area contributed by atoms with E-state index in [2.05, 4.69) is 27.1 Å². The predicted octanol–water partition coefficient (Wildman–Crippen LogP) is 1.68. The van der Waals surface area contributed by atoms with Crippen molar-refractivity contribution >= 4 is 17.6 Å². The molecule has 0 unspecified atom stereocenters. The number of carbonyl (C=O) groups is 2. The molecule has 7 heteroatoms. The van der Waals surface area contributed by atoms with Crippen LogP contribution >= 0.6 is 0 Å². The first-order chi connectivity index (χ1) is 12.6. The van der Waals surface area contributed by atoms with E-state index in [9.17, 15) is 9.59 Å². The summed E-state index contributed by atoms with van der Waals surface area (Å²) in [7, 11) is 0. The fourth-order valence-electron chi connectivity index (χ4n) is 3.94. The SMILES string of the molecule is CCN1c2ncccc2C(=O)NC12CCN(C(=O)c1ccncc1)CC2. The maximum atomic E-state index is 12.7. The van der Waals surface area contributed by atoms with Gasteiger partial charge in [-0.25, -0.2) is 4.98 Å². The minimum atomic E-state index is -0.484. The number of carbonyl (C=O) groups excluding carboxylic acids is 2. The molecule has 2 aliphatic rings. The largest absolute Gasteiger partial charge is 0.338 e. The Morgan fingerprint density at radius 2 is 1.92 bits per heavy atom. The molecule has 26 heavy (non-hydrogen) atoms. The number of nitrogens with zero attached hydrogens (tertiary/aromatic N) is 4. The van der Waals surface area contributed by atoms with Crippen LogP contribution < -0.4 is 10.2 Å². The number of piperidine rings is 1. The van der Waals surface area contributed by atoms with Gasteiger partial charge in [0.2, 0.25) is 0 Å². The molecule has 0 atom stereocenters. The molecule has 2 aromatic rings. The average Bonchev–Trinajstić information content (AvgIpc) is 2.69. The summed E-state index contributed by atoms with van der Waals surface area (Å²) in [5.74, 6) is 0.644. The highest BCUT2D eigenvalue weighted by Crippen LogP contribution is 2.36. The Balaban J connectivity index is 1.56. The molecule has 0 radical (unpaired) electrons. The van der Waals surface area contributed by atoms with Crippen molar-refractivity contribution in [1.82, 2.24) is 20.2 Å². The Labute approximate surface area is 152 Å². The van der Waals surface area contributed by atoms with E-state index in [1.165, 1.54) is 0 Å². The fraction of sp³-hybridized carbons (Fsp3) is 0.368. The molecule has 1 spiro atoms. The van der Waals surface area contributed by atoms with Gasteiger partial charge in [0.25, 0.3) is 11.8 Å². The lowest BCUT2D eigenvalue weighted by molar-refractivity contribution is 0.0602. The van der Waals surface area contributed by atoms with Gasteiger partial charge in [0.15, 0.2) is 0 Å². The fourth-order valence-corrected chi connectivity index (χ4v) is 3.94. The lowest BCUT2D eigenvalue weighted by Gasteiger charge is -2.51. The first kappa shape index (κ1) is 16.5. The number of hydrogen-bond acceptors (Lipinski definition) is 5. The van der Waals surface area contributed by atoms with Gasteiger partial charge < -0.3 is 15.1 Å². The minimum Gasteiger partial charge on any atom is -0.338 e. The maximum Gasteiger partial charge on any atom is 0.256 e. The number of hydrogen-bond donors (Lipinski definition) is 1. The van der Waals surface area contributed by atoms with Crippen molar-refractivity contribution in [2.75, 3.05) is 24.5 Å². The van der Waals surface area contributed by atoms with Crippen LogP contribution in [0.5, 0.6) is 0 Å². The number of nitrogens with one attached hydrogen (secondary N) is 1. The Kier molecular flexibility index (Phi) is 4.06. The second-order valence-electron chi connectivity index (χ2n) is 6.63. The molecule has 134 valence electrons. The number of anilines is 1. The molecule has 4 rings (SSSR count). The van der Waals surface area contributed by atoms with Gasteiger partial charge in [0.1, 0.15) is 11.5 Å². The van der Waals surface area contributed by atoms with Gasteiger partial charge in [-0.3, -0.25) is 14.6 Å². The highest BCUT2D eigenvalue weighted by atomic mass is 16.2. The molecule has 1 N–H and O–H groups in total. The van der Waals surface area contributed by atoms with Gasteiger partial charge in [0, 0.05) is 56.6 Å². The second kappa shape index (κ2) is 6.40. The van der Waals surface area contributed by atoms with Crippen LogP contribution in [0, 0.1) is 0 Å². The van der Waals surface area contributed by atoms with Crippen LogP contribution in [0.3, 0.4) is 0 Å². The third-order valence-corrected chi connectivity index (χ3v) is 5.27. The summed E-state index contributed by atoms with van der Waals surface area (Å²) in [6.45, 7) is 3.97. The van der Waals surface area contributed by atoms with E-state index in [-0.39, 0.29) is 11.8 Å². The van der Waals surface area contributed by atoms with Crippen molar-refractivity contribution in [3.8, 4) is 0 Å². The lowest BCUT2D eigenvalue weighted by Crippen LogP contribution is -2.68. The van der Waals surface area contributed by atoms with E-state index < -0.39 is 5.66 Å². The Hall–Kier alpha value is -2.96. The Bertz CT molecular complexity index is 831. The zero-order valence-electron chi connectivity index (χ0n) is 14.7. The van der Waals surface area contributed by atoms with Crippen LogP contribution in [0.1, 0.15) is 40.5 Å². The van der Waals surface area contributed by atoms with Gasteiger partial charge in [-0.15, -0.1) is 0 Å². The zero-order valence-corrected chi connectivity index (χ0v) is 14.7. The first-order valence-electron chi connectivity index (χ1n) is 8.89. The van der Waals surface area contributed by atoms with Crippen LogP contribution in [0.15, 0.2) is 42.9 Å². The average molecular weight is 351 g/mol. The van der Waals surface area contributed by atoms with Gasteiger partial charge in [-0.05, 0) is 31.2 Å². The van der Waals surface area contributed by atoms with Crippen LogP contribution in [-0.4, -0.2) is 52.0 Å². The van der Waals surface area contributed by atoms with E-state index in [0.29, 0.717) is 37.1 Å². The summed E-state index contributed by atoms with van der Waals surface area (Å²) in [4.78, 5) is 37.7. The van der Waals surface area contributed by atoms with Crippen molar-refractivity contribution in [2.45, 2.75) is 25.4 Å². The molecular formula is C19H21N5O2. The number of amides is 2. The van der Waals surface area contributed by atoms with Gasteiger partial charge in [-0.1, -0.05) is 0 Å². The number of fused-ring (bicyclic) bond motifs is 1. The zero-order chi connectivity index (χ0) is 18.1. The monoisotopic (exact) mass is 351 g/mol. The maximum absolute atomic E-state index is 12.7. The van der Waals surface area contributed by atoms with Gasteiger partial charge in [-0.2, -0.15) is 0 Å². The van der Waals surface area contributed by atoms with Crippen LogP contribution in [-0.2, 0) is 0 Å². The van der Waals surface area contributed by atoms with E-state index in [1.807, 2.05) is 4.90 Å².